The van der Waals surface area contributed by atoms with Crippen LogP contribution in [0.2, 0.25) is 0 Å². The molecule has 1 amide bonds. The second-order valence-corrected chi connectivity index (χ2v) is 5.33. The summed E-state index contributed by atoms with van der Waals surface area (Å²) in [6.45, 7) is 6.89. The van der Waals surface area contributed by atoms with Crippen molar-refractivity contribution in [2.45, 2.75) is 13.8 Å². The van der Waals surface area contributed by atoms with Crippen LogP contribution in [0, 0.1) is 5.41 Å². The topological polar surface area (TPSA) is 84.9 Å². The Morgan fingerprint density at radius 3 is 2.64 bits per heavy atom. The van der Waals surface area contributed by atoms with E-state index < -0.39 is 17.3 Å². The standard InChI is InChI=1S/C16H21NO5/c1-5-8-22-13-9-11(21-4)6-7-12(13)14(18)17-10-16(2,3)15(19)20/h5-7,9H,1,8,10H2,2-4H3,(H,17,18)(H,19,20). The lowest BCUT2D eigenvalue weighted by Gasteiger charge is -2.20. The first-order valence-corrected chi connectivity index (χ1v) is 6.75. The van der Waals surface area contributed by atoms with E-state index in [2.05, 4.69) is 11.9 Å². The van der Waals surface area contributed by atoms with Crippen LogP contribution in [0.5, 0.6) is 11.5 Å². The molecule has 1 aromatic rings. The summed E-state index contributed by atoms with van der Waals surface area (Å²) in [5.74, 6) is -0.479. The monoisotopic (exact) mass is 307 g/mol. The van der Waals surface area contributed by atoms with E-state index in [0.717, 1.165) is 0 Å². The molecule has 120 valence electrons. The van der Waals surface area contributed by atoms with Crippen LogP contribution in [-0.4, -0.2) is 37.2 Å². The Labute approximate surface area is 129 Å². The normalized spacial score (nSPS) is 10.7. The van der Waals surface area contributed by atoms with Crippen molar-refractivity contribution < 1.29 is 24.2 Å². The van der Waals surface area contributed by atoms with Gasteiger partial charge in [0.05, 0.1) is 18.1 Å². The molecule has 2 N–H and O–H groups in total. The average Bonchev–Trinajstić information content (AvgIpc) is 2.50. The van der Waals surface area contributed by atoms with Gasteiger partial charge in [0.15, 0.2) is 0 Å². The van der Waals surface area contributed by atoms with E-state index in [9.17, 15) is 9.59 Å². The number of benzene rings is 1. The molecular weight excluding hydrogens is 286 g/mol. The molecule has 0 fully saturated rings. The number of hydrogen-bond donors (Lipinski definition) is 2. The number of rotatable bonds is 8. The molecule has 0 atom stereocenters. The van der Waals surface area contributed by atoms with Crippen molar-refractivity contribution in [1.82, 2.24) is 5.32 Å². The Hall–Kier alpha value is -2.50. The fraction of sp³-hybridized carbons (Fsp3) is 0.375. The summed E-state index contributed by atoms with van der Waals surface area (Å²) >= 11 is 0. The summed E-state index contributed by atoms with van der Waals surface area (Å²) in [7, 11) is 1.52. The number of carboxylic acids is 1. The van der Waals surface area contributed by atoms with E-state index in [0.29, 0.717) is 17.1 Å². The Kier molecular flexibility index (Phi) is 5.98. The quantitative estimate of drug-likeness (QED) is 0.718. The second-order valence-electron chi connectivity index (χ2n) is 5.33. The molecule has 0 aliphatic heterocycles. The summed E-state index contributed by atoms with van der Waals surface area (Å²) in [6, 6.07) is 4.80. The number of aliphatic carboxylic acids is 1. The minimum absolute atomic E-state index is 0.00803. The molecule has 1 rings (SSSR count). The van der Waals surface area contributed by atoms with Gasteiger partial charge in [-0.1, -0.05) is 12.7 Å². The Bertz CT molecular complexity index is 566. The van der Waals surface area contributed by atoms with Crippen LogP contribution in [0.3, 0.4) is 0 Å². The van der Waals surface area contributed by atoms with Crippen LogP contribution < -0.4 is 14.8 Å². The lowest BCUT2D eigenvalue weighted by Crippen LogP contribution is -2.39. The maximum atomic E-state index is 12.2. The van der Waals surface area contributed by atoms with E-state index in [-0.39, 0.29) is 13.2 Å². The summed E-state index contributed by atoms with van der Waals surface area (Å²) in [5, 5.41) is 11.7. The minimum atomic E-state index is -1.05. The highest BCUT2D eigenvalue weighted by atomic mass is 16.5. The van der Waals surface area contributed by atoms with Crippen LogP contribution in [0.25, 0.3) is 0 Å². The summed E-state index contributed by atoms with van der Waals surface area (Å²) in [4.78, 5) is 23.3. The molecule has 0 aliphatic rings. The maximum absolute atomic E-state index is 12.2. The van der Waals surface area contributed by atoms with Crippen molar-refractivity contribution in [1.29, 1.82) is 0 Å². The van der Waals surface area contributed by atoms with Crippen molar-refractivity contribution in [3.8, 4) is 11.5 Å². The molecule has 0 radical (unpaired) electrons. The molecule has 0 heterocycles. The van der Waals surface area contributed by atoms with Gasteiger partial charge in [-0.3, -0.25) is 9.59 Å². The van der Waals surface area contributed by atoms with Gasteiger partial charge in [-0.05, 0) is 26.0 Å². The van der Waals surface area contributed by atoms with E-state index in [1.165, 1.54) is 7.11 Å². The first kappa shape index (κ1) is 17.6. The lowest BCUT2D eigenvalue weighted by atomic mass is 9.94. The first-order chi connectivity index (χ1) is 10.3. The maximum Gasteiger partial charge on any atom is 0.310 e. The number of hydrogen-bond acceptors (Lipinski definition) is 4. The van der Waals surface area contributed by atoms with Crippen LogP contribution in [-0.2, 0) is 4.79 Å². The molecule has 0 saturated heterocycles. The Morgan fingerprint density at radius 1 is 1.41 bits per heavy atom. The predicted molar refractivity (Wildman–Crippen MR) is 82.4 cm³/mol. The third kappa shape index (κ3) is 4.51. The lowest BCUT2D eigenvalue weighted by molar-refractivity contribution is -0.146. The highest BCUT2D eigenvalue weighted by Gasteiger charge is 2.28. The van der Waals surface area contributed by atoms with Gasteiger partial charge in [0.25, 0.3) is 5.91 Å². The van der Waals surface area contributed by atoms with Crippen molar-refractivity contribution in [3.63, 3.8) is 0 Å². The third-order valence-corrected chi connectivity index (χ3v) is 3.06. The van der Waals surface area contributed by atoms with Crippen LogP contribution in [0.15, 0.2) is 30.9 Å². The molecule has 6 nitrogen and oxygen atoms in total. The fourth-order valence-electron chi connectivity index (χ4n) is 1.56. The van der Waals surface area contributed by atoms with Gasteiger partial charge in [0.2, 0.25) is 0 Å². The zero-order chi connectivity index (χ0) is 16.8. The largest absolute Gasteiger partial charge is 0.497 e. The van der Waals surface area contributed by atoms with Crippen molar-refractivity contribution in [2.24, 2.45) is 5.41 Å². The molecular formula is C16H21NO5. The summed E-state index contributed by atoms with van der Waals surface area (Å²) in [6.07, 6.45) is 1.56. The third-order valence-electron chi connectivity index (χ3n) is 3.06. The van der Waals surface area contributed by atoms with Crippen molar-refractivity contribution >= 4 is 11.9 Å². The molecule has 0 spiro atoms. The Morgan fingerprint density at radius 2 is 2.09 bits per heavy atom. The van der Waals surface area contributed by atoms with Gasteiger partial charge in [-0.25, -0.2) is 0 Å². The molecule has 0 unspecified atom stereocenters. The first-order valence-electron chi connectivity index (χ1n) is 6.75. The van der Waals surface area contributed by atoms with Crippen LogP contribution in [0.4, 0.5) is 0 Å². The number of methoxy groups -OCH3 is 1. The summed E-state index contributed by atoms with van der Waals surface area (Å²) < 4.78 is 10.6. The van der Waals surface area contributed by atoms with E-state index in [1.54, 1.807) is 38.1 Å². The number of carboxylic acid groups (broad SMARTS) is 1. The zero-order valence-electron chi connectivity index (χ0n) is 13.0. The number of ether oxygens (including phenoxy) is 2. The Balaban J connectivity index is 2.91. The highest BCUT2D eigenvalue weighted by Crippen LogP contribution is 2.25. The summed E-state index contributed by atoms with van der Waals surface area (Å²) in [5.41, 5.74) is -0.742. The number of carbonyl (C=O) groups is 2. The zero-order valence-corrected chi connectivity index (χ0v) is 13.0. The molecule has 0 bridgehead atoms. The average molecular weight is 307 g/mol. The highest BCUT2D eigenvalue weighted by molar-refractivity contribution is 5.97. The molecule has 1 aromatic carbocycles. The van der Waals surface area contributed by atoms with Gasteiger partial charge in [-0.2, -0.15) is 0 Å². The second kappa shape index (κ2) is 7.49. The molecule has 22 heavy (non-hydrogen) atoms. The van der Waals surface area contributed by atoms with E-state index in [4.69, 9.17) is 14.6 Å². The number of amides is 1. The van der Waals surface area contributed by atoms with Crippen LogP contribution in [0.1, 0.15) is 24.2 Å². The van der Waals surface area contributed by atoms with Gasteiger partial charge >= 0.3 is 5.97 Å². The van der Waals surface area contributed by atoms with Gasteiger partial charge in [0, 0.05) is 12.6 Å². The smallest absolute Gasteiger partial charge is 0.310 e. The van der Waals surface area contributed by atoms with Gasteiger partial charge < -0.3 is 19.9 Å². The van der Waals surface area contributed by atoms with Crippen LogP contribution >= 0.6 is 0 Å². The molecule has 6 heteroatoms. The SMILES string of the molecule is C=CCOc1cc(OC)ccc1C(=O)NCC(C)(C)C(=O)O. The number of carbonyl (C=O) groups excluding carboxylic acids is 1. The van der Waals surface area contributed by atoms with Crippen molar-refractivity contribution in [2.75, 3.05) is 20.3 Å². The molecule has 0 aromatic heterocycles. The fourth-order valence-corrected chi connectivity index (χ4v) is 1.56. The minimum Gasteiger partial charge on any atom is -0.497 e. The van der Waals surface area contributed by atoms with Crippen molar-refractivity contribution in [3.05, 3.63) is 36.4 Å². The predicted octanol–water partition coefficient (Wildman–Crippen LogP) is 2.10. The van der Waals surface area contributed by atoms with Gasteiger partial charge in [0.1, 0.15) is 18.1 Å². The number of nitrogens with one attached hydrogen (secondary N) is 1. The van der Waals surface area contributed by atoms with Gasteiger partial charge in [-0.15, -0.1) is 0 Å². The molecule has 0 aliphatic carbocycles. The molecule has 0 saturated carbocycles. The van der Waals surface area contributed by atoms with E-state index in [1.807, 2.05) is 0 Å². The van der Waals surface area contributed by atoms with E-state index >= 15 is 0 Å².